The second-order valence-electron chi connectivity index (χ2n) is 7.47. The van der Waals surface area contributed by atoms with Crippen molar-refractivity contribution >= 4 is 23.3 Å². The first-order chi connectivity index (χ1) is 14.0. The minimum atomic E-state index is -0.427. The maximum atomic E-state index is 12.4. The maximum Gasteiger partial charge on any atom is 0.244 e. The van der Waals surface area contributed by atoms with Crippen molar-refractivity contribution in [1.29, 1.82) is 5.26 Å². The second kappa shape index (κ2) is 7.87. The number of nitriles is 1. The van der Waals surface area contributed by atoms with Gasteiger partial charge in [0.05, 0.1) is 29.3 Å². The Kier molecular flexibility index (Phi) is 5.12. The highest BCUT2D eigenvalue weighted by atomic mass is 16.2. The van der Waals surface area contributed by atoms with Crippen LogP contribution in [-0.4, -0.2) is 45.8 Å². The van der Waals surface area contributed by atoms with Gasteiger partial charge in [-0.1, -0.05) is 6.07 Å². The Balaban J connectivity index is 1.50. The van der Waals surface area contributed by atoms with E-state index in [2.05, 4.69) is 26.7 Å². The molecule has 2 amide bonds. The standard InChI is InChI=1S/C21H22N6O2/c1-13(21(29)27-7-2-8-27)25-17-9-15(5-6-16(17)10-22)18-11-24-19(12-23-18)26-20(28)14-3-4-14/h5-6,9,11-14,25H,2-4,7-8H2,1H3,(H,24,26,28). The molecule has 8 heteroatoms. The number of hydrogen-bond donors (Lipinski definition) is 2. The number of rotatable bonds is 6. The zero-order valence-corrected chi connectivity index (χ0v) is 16.2. The summed E-state index contributed by atoms with van der Waals surface area (Å²) in [4.78, 5) is 34.7. The summed E-state index contributed by atoms with van der Waals surface area (Å²) >= 11 is 0. The van der Waals surface area contributed by atoms with Crippen LogP contribution in [0.4, 0.5) is 11.5 Å². The summed E-state index contributed by atoms with van der Waals surface area (Å²) in [5.41, 5.74) is 2.42. The fourth-order valence-corrected chi connectivity index (χ4v) is 3.14. The average Bonchev–Trinajstić information content (AvgIpc) is 3.52. The fourth-order valence-electron chi connectivity index (χ4n) is 3.14. The molecular weight excluding hydrogens is 368 g/mol. The highest BCUT2D eigenvalue weighted by Gasteiger charge is 2.30. The van der Waals surface area contributed by atoms with Crippen molar-refractivity contribution in [2.75, 3.05) is 23.7 Å². The molecule has 2 N–H and O–H groups in total. The van der Waals surface area contributed by atoms with Crippen LogP contribution in [0.5, 0.6) is 0 Å². The molecular formula is C21H22N6O2. The van der Waals surface area contributed by atoms with Crippen LogP contribution in [0.3, 0.4) is 0 Å². The van der Waals surface area contributed by atoms with Crippen LogP contribution >= 0.6 is 0 Å². The molecule has 1 atom stereocenters. The minimum Gasteiger partial charge on any atom is -0.373 e. The zero-order chi connectivity index (χ0) is 20.4. The van der Waals surface area contributed by atoms with Gasteiger partial charge in [-0.15, -0.1) is 0 Å². The molecule has 2 heterocycles. The molecule has 4 rings (SSSR count). The van der Waals surface area contributed by atoms with Gasteiger partial charge in [0.25, 0.3) is 0 Å². The summed E-state index contributed by atoms with van der Waals surface area (Å²) in [5.74, 6) is 0.537. The Morgan fingerprint density at radius 2 is 2.03 bits per heavy atom. The number of amides is 2. The Bertz CT molecular complexity index is 974. The molecule has 148 valence electrons. The van der Waals surface area contributed by atoms with Crippen LogP contribution in [0.15, 0.2) is 30.6 Å². The molecule has 0 spiro atoms. The van der Waals surface area contributed by atoms with Crippen LogP contribution in [0.1, 0.15) is 31.7 Å². The number of nitrogens with one attached hydrogen (secondary N) is 2. The van der Waals surface area contributed by atoms with Crippen molar-refractivity contribution in [1.82, 2.24) is 14.9 Å². The SMILES string of the molecule is CC(Nc1cc(-c2cnc(NC(=O)C3CC3)cn2)ccc1C#N)C(=O)N1CCC1. The molecule has 1 saturated carbocycles. The van der Waals surface area contributed by atoms with E-state index in [1.165, 1.54) is 6.20 Å². The van der Waals surface area contributed by atoms with Crippen molar-refractivity contribution in [3.63, 3.8) is 0 Å². The van der Waals surface area contributed by atoms with E-state index in [-0.39, 0.29) is 17.7 Å². The molecule has 2 fully saturated rings. The summed E-state index contributed by atoms with van der Waals surface area (Å²) in [6.07, 6.45) is 6.00. The van der Waals surface area contributed by atoms with Crippen molar-refractivity contribution < 1.29 is 9.59 Å². The predicted molar refractivity (Wildman–Crippen MR) is 108 cm³/mol. The number of hydrogen-bond acceptors (Lipinski definition) is 6. The molecule has 1 unspecified atom stereocenters. The highest BCUT2D eigenvalue weighted by Crippen LogP contribution is 2.30. The van der Waals surface area contributed by atoms with Crippen molar-refractivity contribution in [2.45, 2.75) is 32.2 Å². The Morgan fingerprint density at radius 1 is 1.24 bits per heavy atom. The lowest BCUT2D eigenvalue weighted by atomic mass is 10.1. The molecule has 1 saturated heterocycles. The number of carbonyl (C=O) groups excluding carboxylic acids is 2. The van der Waals surface area contributed by atoms with Gasteiger partial charge in [-0.3, -0.25) is 14.6 Å². The number of anilines is 2. The Hall–Kier alpha value is -3.47. The van der Waals surface area contributed by atoms with Crippen LogP contribution < -0.4 is 10.6 Å². The summed E-state index contributed by atoms with van der Waals surface area (Å²) < 4.78 is 0. The molecule has 1 aliphatic heterocycles. The van der Waals surface area contributed by atoms with Gasteiger partial charge in [-0.2, -0.15) is 5.26 Å². The lowest BCUT2D eigenvalue weighted by Crippen LogP contribution is -2.48. The van der Waals surface area contributed by atoms with E-state index in [4.69, 9.17) is 0 Å². The van der Waals surface area contributed by atoms with E-state index < -0.39 is 6.04 Å². The van der Waals surface area contributed by atoms with Gasteiger partial charge in [0, 0.05) is 24.6 Å². The van der Waals surface area contributed by atoms with E-state index in [1.807, 2.05) is 0 Å². The van der Waals surface area contributed by atoms with Gasteiger partial charge in [0.15, 0.2) is 5.82 Å². The average molecular weight is 390 g/mol. The van der Waals surface area contributed by atoms with Gasteiger partial charge >= 0.3 is 0 Å². The van der Waals surface area contributed by atoms with Crippen LogP contribution in [0.25, 0.3) is 11.3 Å². The molecule has 0 radical (unpaired) electrons. The first kappa shape index (κ1) is 18.9. The third-order valence-electron chi connectivity index (χ3n) is 5.20. The summed E-state index contributed by atoms with van der Waals surface area (Å²) in [6, 6.07) is 7.01. The van der Waals surface area contributed by atoms with E-state index in [0.717, 1.165) is 37.9 Å². The topological polar surface area (TPSA) is 111 Å². The van der Waals surface area contributed by atoms with Crippen molar-refractivity contribution in [3.05, 3.63) is 36.2 Å². The molecule has 8 nitrogen and oxygen atoms in total. The van der Waals surface area contributed by atoms with Gasteiger partial charge in [-0.25, -0.2) is 4.98 Å². The highest BCUT2D eigenvalue weighted by molar-refractivity contribution is 5.93. The van der Waals surface area contributed by atoms with Crippen LogP contribution in [0, 0.1) is 17.2 Å². The molecule has 1 aromatic carbocycles. The van der Waals surface area contributed by atoms with E-state index in [1.54, 1.807) is 36.2 Å². The molecule has 2 aliphatic rings. The lowest BCUT2D eigenvalue weighted by Gasteiger charge is -2.33. The van der Waals surface area contributed by atoms with Crippen LogP contribution in [0.2, 0.25) is 0 Å². The van der Waals surface area contributed by atoms with E-state index >= 15 is 0 Å². The number of carbonyl (C=O) groups is 2. The summed E-state index contributed by atoms with van der Waals surface area (Å²) in [5, 5.41) is 15.3. The first-order valence-corrected chi connectivity index (χ1v) is 9.78. The normalized spacial score (nSPS) is 16.3. The van der Waals surface area contributed by atoms with Crippen molar-refractivity contribution in [2.24, 2.45) is 5.92 Å². The fraction of sp³-hybridized carbons (Fsp3) is 0.381. The van der Waals surface area contributed by atoms with Gasteiger partial charge < -0.3 is 15.5 Å². The number of benzene rings is 1. The lowest BCUT2D eigenvalue weighted by molar-refractivity contribution is -0.135. The van der Waals surface area contributed by atoms with E-state index in [0.29, 0.717) is 22.8 Å². The number of aromatic nitrogens is 2. The maximum absolute atomic E-state index is 12.4. The Labute approximate surface area is 169 Å². The largest absolute Gasteiger partial charge is 0.373 e. The van der Waals surface area contributed by atoms with Crippen LogP contribution in [-0.2, 0) is 9.59 Å². The van der Waals surface area contributed by atoms with Crippen molar-refractivity contribution in [3.8, 4) is 17.3 Å². The first-order valence-electron chi connectivity index (χ1n) is 9.78. The smallest absolute Gasteiger partial charge is 0.244 e. The molecule has 2 aromatic rings. The molecule has 1 aromatic heterocycles. The van der Waals surface area contributed by atoms with Gasteiger partial charge in [-0.05, 0) is 38.3 Å². The third-order valence-corrected chi connectivity index (χ3v) is 5.20. The second-order valence-corrected chi connectivity index (χ2v) is 7.47. The van der Waals surface area contributed by atoms with Gasteiger partial charge in [0.2, 0.25) is 11.8 Å². The molecule has 29 heavy (non-hydrogen) atoms. The number of likely N-dealkylation sites (tertiary alicyclic amines) is 1. The Morgan fingerprint density at radius 3 is 2.62 bits per heavy atom. The monoisotopic (exact) mass is 390 g/mol. The summed E-state index contributed by atoms with van der Waals surface area (Å²) in [7, 11) is 0. The number of nitrogens with zero attached hydrogens (tertiary/aromatic N) is 4. The summed E-state index contributed by atoms with van der Waals surface area (Å²) in [6.45, 7) is 3.37. The molecule has 1 aliphatic carbocycles. The quantitative estimate of drug-likeness (QED) is 0.783. The minimum absolute atomic E-state index is 0.0160. The zero-order valence-electron chi connectivity index (χ0n) is 16.2. The van der Waals surface area contributed by atoms with E-state index in [9.17, 15) is 14.9 Å². The molecule has 0 bridgehead atoms. The predicted octanol–water partition coefficient (Wildman–Crippen LogP) is 2.40. The third kappa shape index (κ3) is 4.19. The van der Waals surface area contributed by atoms with Gasteiger partial charge in [0.1, 0.15) is 12.1 Å².